The number of phenolic OH excluding ortho intramolecular Hbond substituents is 1. The molecule has 0 bridgehead atoms. The lowest BCUT2D eigenvalue weighted by molar-refractivity contribution is -0.117. The van der Waals surface area contributed by atoms with Gasteiger partial charge in [-0.3, -0.25) is 15.0 Å². The second kappa shape index (κ2) is 6.58. The van der Waals surface area contributed by atoms with Crippen LogP contribution in [0.15, 0.2) is 50.9 Å². The van der Waals surface area contributed by atoms with E-state index in [9.17, 15) is 14.7 Å². The molecule has 1 saturated heterocycles. The molecule has 1 aliphatic rings. The molecule has 0 saturated carbocycles. The highest BCUT2D eigenvalue weighted by Gasteiger charge is 2.34. The summed E-state index contributed by atoms with van der Waals surface area (Å²) in [6.07, 6.45) is 1.34. The largest absolute Gasteiger partial charge is 0.506 e. The number of hydrazine groups is 1. The van der Waals surface area contributed by atoms with Crippen LogP contribution in [0.5, 0.6) is 5.75 Å². The molecule has 2 amide bonds. The van der Waals surface area contributed by atoms with Crippen LogP contribution < -0.4 is 10.4 Å². The monoisotopic (exact) mass is 470 g/mol. The maximum absolute atomic E-state index is 12.5. The maximum atomic E-state index is 12.5. The van der Waals surface area contributed by atoms with E-state index in [1.807, 2.05) is 0 Å². The number of hydrogen-bond acceptors (Lipinski definition) is 3. The van der Waals surface area contributed by atoms with Gasteiger partial charge in [-0.05, 0) is 52.3 Å². The van der Waals surface area contributed by atoms with E-state index in [1.54, 1.807) is 36.4 Å². The zero-order chi connectivity index (χ0) is 17.4. The van der Waals surface area contributed by atoms with Crippen molar-refractivity contribution in [3.8, 4) is 5.75 Å². The van der Waals surface area contributed by atoms with Gasteiger partial charge in [0.15, 0.2) is 0 Å². The van der Waals surface area contributed by atoms with E-state index >= 15 is 0 Å². The van der Waals surface area contributed by atoms with Crippen LogP contribution >= 0.6 is 43.5 Å². The normalized spacial score (nSPS) is 16.0. The van der Waals surface area contributed by atoms with Crippen molar-refractivity contribution in [1.82, 2.24) is 5.43 Å². The minimum Gasteiger partial charge on any atom is -0.506 e. The lowest BCUT2D eigenvalue weighted by atomic mass is 10.1. The number of hydrogen-bond donors (Lipinski definition) is 2. The van der Waals surface area contributed by atoms with E-state index in [0.29, 0.717) is 25.2 Å². The number of rotatable bonds is 2. The summed E-state index contributed by atoms with van der Waals surface area (Å²) in [7, 11) is 0. The first-order valence-electron chi connectivity index (χ1n) is 6.67. The van der Waals surface area contributed by atoms with Gasteiger partial charge < -0.3 is 5.11 Å². The van der Waals surface area contributed by atoms with Crippen molar-refractivity contribution in [3.05, 3.63) is 61.5 Å². The molecule has 24 heavy (non-hydrogen) atoms. The molecule has 1 fully saturated rings. The standard InChI is InChI=1S/C16H9Br2ClN2O3/c17-9-4-8(14(22)13(18)6-9)5-12-15(23)20-21(16(12)24)11-3-1-2-10(19)7-11/h1-7,22H,(H,20,23)/b12-5+. The molecule has 0 aromatic heterocycles. The Morgan fingerprint density at radius 3 is 2.62 bits per heavy atom. The van der Waals surface area contributed by atoms with Crippen LogP contribution in [0.4, 0.5) is 5.69 Å². The van der Waals surface area contributed by atoms with Crippen molar-refractivity contribution >= 4 is 67.0 Å². The molecule has 0 aliphatic carbocycles. The van der Waals surface area contributed by atoms with Crippen molar-refractivity contribution in [2.45, 2.75) is 0 Å². The van der Waals surface area contributed by atoms with Crippen LogP contribution in [0.25, 0.3) is 6.08 Å². The molecule has 0 unspecified atom stereocenters. The predicted molar refractivity (Wildman–Crippen MR) is 98.6 cm³/mol. The van der Waals surface area contributed by atoms with Crippen LogP contribution in [0.1, 0.15) is 5.56 Å². The first-order chi connectivity index (χ1) is 11.4. The van der Waals surface area contributed by atoms with Gasteiger partial charge in [-0.1, -0.05) is 33.6 Å². The molecular weight excluding hydrogens is 463 g/mol. The summed E-state index contributed by atoms with van der Waals surface area (Å²) in [5.74, 6) is -1.15. The zero-order valence-electron chi connectivity index (χ0n) is 11.9. The van der Waals surface area contributed by atoms with Gasteiger partial charge in [0.1, 0.15) is 11.3 Å². The fraction of sp³-hybridized carbons (Fsp3) is 0. The molecule has 8 heteroatoms. The molecule has 1 aliphatic heterocycles. The van der Waals surface area contributed by atoms with Gasteiger partial charge in [0.2, 0.25) is 0 Å². The quantitative estimate of drug-likeness (QED) is 0.512. The third-order valence-corrected chi connectivity index (χ3v) is 4.61. The number of carbonyl (C=O) groups is 2. The number of nitrogens with one attached hydrogen (secondary N) is 1. The lowest BCUT2D eigenvalue weighted by Crippen LogP contribution is -2.35. The van der Waals surface area contributed by atoms with Crippen LogP contribution in [0, 0.1) is 0 Å². The Hall–Kier alpha value is -1.83. The molecular formula is C16H9Br2ClN2O3. The summed E-state index contributed by atoms with van der Waals surface area (Å²) < 4.78 is 1.14. The van der Waals surface area contributed by atoms with E-state index in [-0.39, 0.29) is 11.3 Å². The van der Waals surface area contributed by atoms with Crippen LogP contribution in [0.3, 0.4) is 0 Å². The molecule has 2 aromatic rings. The third-order valence-electron chi connectivity index (χ3n) is 3.32. The van der Waals surface area contributed by atoms with Gasteiger partial charge in [-0.2, -0.15) is 0 Å². The number of benzene rings is 2. The molecule has 3 rings (SSSR count). The Morgan fingerprint density at radius 2 is 1.92 bits per heavy atom. The van der Waals surface area contributed by atoms with Crippen LogP contribution in [-0.2, 0) is 9.59 Å². The van der Waals surface area contributed by atoms with Gasteiger partial charge >= 0.3 is 0 Å². The van der Waals surface area contributed by atoms with Gasteiger partial charge in [-0.25, -0.2) is 5.01 Å². The second-order valence-electron chi connectivity index (χ2n) is 4.94. The van der Waals surface area contributed by atoms with Gasteiger partial charge in [0.25, 0.3) is 11.8 Å². The zero-order valence-corrected chi connectivity index (χ0v) is 15.8. The fourth-order valence-electron chi connectivity index (χ4n) is 2.21. The molecule has 0 atom stereocenters. The van der Waals surface area contributed by atoms with E-state index < -0.39 is 11.8 Å². The molecule has 2 N–H and O–H groups in total. The number of amides is 2. The van der Waals surface area contributed by atoms with Crippen molar-refractivity contribution < 1.29 is 14.7 Å². The molecule has 5 nitrogen and oxygen atoms in total. The highest BCUT2D eigenvalue weighted by atomic mass is 79.9. The van der Waals surface area contributed by atoms with E-state index in [4.69, 9.17) is 11.6 Å². The Morgan fingerprint density at radius 1 is 1.17 bits per heavy atom. The molecule has 2 aromatic carbocycles. The summed E-state index contributed by atoms with van der Waals surface area (Å²) in [5.41, 5.74) is 3.18. The van der Waals surface area contributed by atoms with Gasteiger partial charge in [-0.15, -0.1) is 0 Å². The minimum atomic E-state index is -0.560. The molecule has 1 heterocycles. The average Bonchev–Trinajstić information content (AvgIpc) is 2.80. The third kappa shape index (κ3) is 3.19. The lowest BCUT2D eigenvalue weighted by Gasteiger charge is -2.14. The summed E-state index contributed by atoms with van der Waals surface area (Å²) in [4.78, 5) is 24.7. The maximum Gasteiger partial charge on any atom is 0.282 e. The van der Waals surface area contributed by atoms with Crippen LogP contribution in [-0.4, -0.2) is 16.9 Å². The number of halogens is 3. The number of phenols is 1. The SMILES string of the molecule is O=C1NN(c2cccc(Cl)c2)C(=O)/C1=C/c1cc(Br)cc(Br)c1O. The van der Waals surface area contributed by atoms with E-state index in [1.165, 1.54) is 6.08 Å². The Balaban J connectivity index is 2.01. The smallest absolute Gasteiger partial charge is 0.282 e. The van der Waals surface area contributed by atoms with Crippen molar-refractivity contribution in [2.75, 3.05) is 5.01 Å². The average molecular weight is 473 g/mol. The van der Waals surface area contributed by atoms with Crippen molar-refractivity contribution in [2.24, 2.45) is 0 Å². The summed E-state index contributed by atoms with van der Waals surface area (Å²) in [6, 6.07) is 9.83. The van der Waals surface area contributed by atoms with E-state index in [0.717, 1.165) is 5.01 Å². The summed E-state index contributed by atoms with van der Waals surface area (Å²) >= 11 is 12.4. The molecule has 0 spiro atoms. The predicted octanol–water partition coefficient (Wildman–Crippen LogP) is 4.03. The second-order valence-corrected chi connectivity index (χ2v) is 7.15. The highest BCUT2D eigenvalue weighted by Crippen LogP contribution is 2.34. The van der Waals surface area contributed by atoms with Crippen LogP contribution in [0.2, 0.25) is 5.02 Å². The Kier molecular flexibility index (Phi) is 4.67. The number of carbonyl (C=O) groups excluding carboxylic acids is 2. The number of nitrogens with zero attached hydrogens (tertiary/aromatic N) is 1. The molecule has 0 radical (unpaired) electrons. The highest BCUT2D eigenvalue weighted by molar-refractivity contribution is 9.11. The first kappa shape index (κ1) is 17.0. The molecule has 122 valence electrons. The Bertz CT molecular complexity index is 899. The van der Waals surface area contributed by atoms with Gasteiger partial charge in [0.05, 0.1) is 10.2 Å². The van der Waals surface area contributed by atoms with Gasteiger partial charge in [0, 0.05) is 15.1 Å². The number of anilines is 1. The number of aromatic hydroxyl groups is 1. The topological polar surface area (TPSA) is 69.6 Å². The van der Waals surface area contributed by atoms with Crippen molar-refractivity contribution in [3.63, 3.8) is 0 Å². The fourth-order valence-corrected chi connectivity index (χ4v) is 3.65. The summed E-state index contributed by atoms with van der Waals surface area (Å²) in [6.45, 7) is 0. The van der Waals surface area contributed by atoms with E-state index in [2.05, 4.69) is 37.3 Å². The summed E-state index contributed by atoms with van der Waals surface area (Å²) in [5, 5.41) is 11.6. The van der Waals surface area contributed by atoms with Crippen molar-refractivity contribution in [1.29, 1.82) is 0 Å². The first-order valence-corrected chi connectivity index (χ1v) is 8.64. The Labute approximate surface area is 159 Å². The minimum absolute atomic E-state index is 0.0625.